The fourth-order valence-electron chi connectivity index (χ4n) is 2.75. The van der Waals surface area contributed by atoms with E-state index >= 15 is 0 Å². The fraction of sp³-hybridized carbons (Fsp3) is 1.00. The molecule has 2 fully saturated rings. The molecule has 0 spiro atoms. The average Bonchev–Trinajstić information content (AvgIpc) is 2.26. The minimum Gasteiger partial charge on any atom is -0.381 e. The lowest BCUT2D eigenvalue weighted by Gasteiger charge is -2.37. The van der Waals surface area contributed by atoms with Gasteiger partial charge in [-0.2, -0.15) is 0 Å². The number of ether oxygens (including phenoxy) is 1. The minimum atomic E-state index is -3.02. The molecule has 0 aromatic heterocycles. The number of piperidine rings is 1. The summed E-state index contributed by atoms with van der Waals surface area (Å²) in [6.45, 7) is 2.28. The molecule has 1 heterocycles. The lowest BCUT2D eigenvalue weighted by molar-refractivity contribution is 0.0159. The Morgan fingerprint density at radius 1 is 1.39 bits per heavy atom. The van der Waals surface area contributed by atoms with Gasteiger partial charge in [-0.3, -0.25) is 0 Å². The largest absolute Gasteiger partial charge is 0.381 e. The van der Waals surface area contributed by atoms with E-state index in [2.05, 4.69) is 5.32 Å². The highest BCUT2D eigenvalue weighted by atomic mass is 32.2. The predicted octanol–water partition coefficient (Wildman–Crippen LogP) is 0.425. The number of rotatable bonds is 5. The first-order valence-electron chi connectivity index (χ1n) is 6.70. The quantitative estimate of drug-likeness (QED) is 0.791. The van der Waals surface area contributed by atoms with Crippen LogP contribution in [0.1, 0.15) is 25.7 Å². The first-order chi connectivity index (χ1) is 8.49. The Labute approximate surface area is 110 Å². The van der Waals surface area contributed by atoms with Crippen molar-refractivity contribution >= 4 is 10.0 Å². The van der Waals surface area contributed by atoms with E-state index < -0.39 is 10.0 Å². The monoisotopic (exact) mass is 276 g/mol. The zero-order chi connectivity index (χ0) is 13.2. The highest BCUT2D eigenvalue weighted by Crippen LogP contribution is 2.24. The van der Waals surface area contributed by atoms with Crippen molar-refractivity contribution in [3.63, 3.8) is 0 Å². The Morgan fingerprint density at radius 3 is 2.72 bits per heavy atom. The predicted molar refractivity (Wildman–Crippen MR) is 71.0 cm³/mol. The number of nitrogens with zero attached hydrogens (tertiary/aromatic N) is 1. The van der Waals surface area contributed by atoms with E-state index in [1.54, 1.807) is 11.4 Å². The highest BCUT2D eigenvalue weighted by molar-refractivity contribution is 7.88. The van der Waals surface area contributed by atoms with Crippen LogP contribution in [-0.4, -0.2) is 57.9 Å². The highest BCUT2D eigenvalue weighted by Gasteiger charge is 2.30. The summed E-state index contributed by atoms with van der Waals surface area (Å²) in [5, 5.41) is 3.52. The molecular weight excluding hydrogens is 252 g/mol. The summed E-state index contributed by atoms with van der Waals surface area (Å²) in [6, 6.07) is 0.559. The third-order valence-corrected chi connectivity index (χ3v) is 5.34. The standard InChI is InChI=1S/C12H24N2O3S/c1-17-12-6-11(7-12)13-8-10-4-3-5-14(9-10)18(2,15)16/h10-13H,3-9H2,1-2H3. The van der Waals surface area contributed by atoms with Gasteiger partial charge in [0.05, 0.1) is 12.4 Å². The summed E-state index contributed by atoms with van der Waals surface area (Å²) < 4.78 is 29.9. The molecule has 1 N–H and O–H groups in total. The van der Waals surface area contributed by atoms with Gasteiger partial charge in [0, 0.05) is 26.2 Å². The van der Waals surface area contributed by atoms with Gasteiger partial charge in [-0.05, 0) is 38.1 Å². The zero-order valence-corrected chi connectivity index (χ0v) is 12.1. The van der Waals surface area contributed by atoms with E-state index in [-0.39, 0.29) is 0 Å². The van der Waals surface area contributed by atoms with Crippen LogP contribution in [-0.2, 0) is 14.8 Å². The molecule has 18 heavy (non-hydrogen) atoms. The van der Waals surface area contributed by atoms with Gasteiger partial charge in [-0.15, -0.1) is 0 Å². The van der Waals surface area contributed by atoms with Crippen LogP contribution in [0.25, 0.3) is 0 Å². The minimum absolute atomic E-state index is 0.418. The van der Waals surface area contributed by atoms with Crippen LogP contribution in [0.15, 0.2) is 0 Å². The SMILES string of the molecule is COC1CC(NCC2CCCN(S(C)(=O)=O)C2)C1. The average molecular weight is 276 g/mol. The molecular formula is C12H24N2O3S. The van der Waals surface area contributed by atoms with E-state index in [9.17, 15) is 8.42 Å². The van der Waals surface area contributed by atoms with Crippen LogP contribution in [0.4, 0.5) is 0 Å². The second-order valence-corrected chi connectivity index (χ2v) is 7.55. The molecule has 106 valence electrons. The van der Waals surface area contributed by atoms with E-state index in [1.807, 2.05) is 0 Å². The first kappa shape index (κ1) is 14.2. The Hall–Kier alpha value is -0.170. The summed E-state index contributed by atoms with van der Waals surface area (Å²) in [6.07, 6.45) is 5.99. The Kier molecular flexibility index (Phi) is 4.64. The lowest BCUT2D eigenvalue weighted by Crippen LogP contribution is -2.49. The molecule has 1 atom stereocenters. The van der Waals surface area contributed by atoms with E-state index in [4.69, 9.17) is 4.74 Å². The second-order valence-electron chi connectivity index (χ2n) is 5.56. The Bertz CT molecular complexity index is 366. The fourth-order valence-corrected chi connectivity index (χ4v) is 3.70. The molecule has 1 aliphatic carbocycles. The smallest absolute Gasteiger partial charge is 0.211 e. The number of methoxy groups -OCH3 is 1. The van der Waals surface area contributed by atoms with Crippen LogP contribution in [0, 0.1) is 5.92 Å². The molecule has 1 aliphatic heterocycles. The van der Waals surface area contributed by atoms with Crippen molar-refractivity contribution in [3.8, 4) is 0 Å². The van der Waals surface area contributed by atoms with Crippen molar-refractivity contribution < 1.29 is 13.2 Å². The molecule has 6 heteroatoms. The van der Waals surface area contributed by atoms with Crippen LogP contribution < -0.4 is 5.32 Å². The number of nitrogens with one attached hydrogen (secondary N) is 1. The number of hydrogen-bond donors (Lipinski definition) is 1. The summed E-state index contributed by atoms with van der Waals surface area (Å²) in [4.78, 5) is 0. The first-order valence-corrected chi connectivity index (χ1v) is 8.55. The maximum Gasteiger partial charge on any atom is 0.211 e. The maximum atomic E-state index is 11.5. The molecule has 5 nitrogen and oxygen atoms in total. The number of sulfonamides is 1. The van der Waals surface area contributed by atoms with Crippen LogP contribution in [0.3, 0.4) is 0 Å². The van der Waals surface area contributed by atoms with E-state index in [0.717, 1.165) is 32.2 Å². The third kappa shape index (κ3) is 3.66. The Morgan fingerprint density at radius 2 is 2.11 bits per heavy atom. The lowest BCUT2D eigenvalue weighted by atomic mass is 9.88. The molecule has 0 aromatic carbocycles. The third-order valence-electron chi connectivity index (χ3n) is 4.07. The maximum absolute atomic E-state index is 11.5. The summed E-state index contributed by atoms with van der Waals surface area (Å²) >= 11 is 0. The van der Waals surface area contributed by atoms with Crippen molar-refractivity contribution in [2.24, 2.45) is 5.92 Å². The molecule has 0 bridgehead atoms. The molecule has 1 saturated heterocycles. The van der Waals surface area contributed by atoms with Gasteiger partial charge in [-0.1, -0.05) is 0 Å². The summed E-state index contributed by atoms with van der Waals surface area (Å²) in [5.41, 5.74) is 0. The Balaban J connectivity index is 1.70. The van der Waals surface area contributed by atoms with Crippen LogP contribution >= 0.6 is 0 Å². The van der Waals surface area contributed by atoms with Crippen molar-refractivity contribution in [1.82, 2.24) is 9.62 Å². The zero-order valence-electron chi connectivity index (χ0n) is 11.3. The van der Waals surface area contributed by atoms with Crippen molar-refractivity contribution in [3.05, 3.63) is 0 Å². The summed E-state index contributed by atoms with van der Waals surface area (Å²) in [7, 11) is -1.26. The van der Waals surface area contributed by atoms with Gasteiger partial charge >= 0.3 is 0 Å². The molecule has 2 aliphatic rings. The van der Waals surface area contributed by atoms with E-state index in [0.29, 0.717) is 31.2 Å². The van der Waals surface area contributed by atoms with Gasteiger partial charge in [-0.25, -0.2) is 12.7 Å². The van der Waals surface area contributed by atoms with Crippen molar-refractivity contribution in [2.45, 2.75) is 37.8 Å². The van der Waals surface area contributed by atoms with Crippen molar-refractivity contribution in [1.29, 1.82) is 0 Å². The van der Waals surface area contributed by atoms with Crippen LogP contribution in [0.2, 0.25) is 0 Å². The molecule has 0 aromatic rings. The van der Waals surface area contributed by atoms with Crippen LogP contribution in [0.5, 0.6) is 0 Å². The van der Waals surface area contributed by atoms with Gasteiger partial charge in [0.15, 0.2) is 0 Å². The van der Waals surface area contributed by atoms with Crippen molar-refractivity contribution in [2.75, 3.05) is 33.0 Å². The normalized spacial score (nSPS) is 34.2. The topological polar surface area (TPSA) is 58.6 Å². The number of hydrogen-bond acceptors (Lipinski definition) is 4. The molecule has 1 unspecified atom stereocenters. The van der Waals surface area contributed by atoms with Gasteiger partial charge < -0.3 is 10.1 Å². The summed E-state index contributed by atoms with van der Waals surface area (Å²) in [5.74, 6) is 0.454. The van der Waals surface area contributed by atoms with Gasteiger partial charge in [0.2, 0.25) is 10.0 Å². The van der Waals surface area contributed by atoms with E-state index in [1.165, 1.54) is 6.26 Å². The second kappa shape index (κ2) is 5.86. The van der Waals surface area contributed by atoms with Gasteiger partial charge in [0.25, 0.3) is 0 Å². The van der Waals surface area contributed by atoms with Gasteiger partial charge in [0.1, 0.15) is 0 Å². The molecule has 2 rings (SSSR count). The molecule has 0 amide bonds. The molecule has 0 radical (unpaired) electrons. The molecule has 1 saturated carbocycles.